The van der Waals surface area contributed by atoms with Crippen molar-refractivity contribution in [1.29, 1.82) is 0 Å². The van der Waals surface area contributed by atoms with E-state index >= 15 is 0 Å². The lowest BCUT2D eigenvalue weighted by Gasteiger charge is -2.29. The first-order chi connectivity index (χ1) is 15.7. The summed E-state index contributed by atoms with van der Waals surface area (Å²) in [4.78, 5) is 38.7. The molecule has 2 aliphatic rings. The zero-order valence-corrected chi connectivity index (χ0v) is 19.1. The first-order valence-corrected chi connectivity index (χ1v) is 10.7. The molecule has 2 aromatic carbocycles. The van der Waals surface area contributed by atoms with Gasteiger partial charge in [-0.1, -0.05) is 17.7 Å². The molecule has 5 N–H and O–H groups in total. The van der Waals surface area contributed by atoms with Crippen molar-refractivity contribution >= 4 is 29.1 Å². The second-order valence-corrected chi connectivity index (χ2v) is 8.62. The van der Waals surface area contributed by atoms with Gasteiger partial charge in [0.15, 0.2) is 0 Å². The SMILES string of the molecule is COc1ccc(OC)c(NC(=O)[C@H]2C[C@H](CC(N)=O)N[C@@]23C(=O)Nc2c(C)cc(C)cc23)c1. The summed E-state index contributed by atoms with van der Waals surface area (Å²) < 4.78 is 10.7. The van der Waals surface area contributed by atoms with Gasteiger partial charge in [-0.2, -0.15) is 0 Å². The molecule has 9 nitrogen and oxygen atoms in total. The molecule has 9 heteroatoms. The highest BCUT2D eigenvalue weighted by atomic mass is 16.5. The molecule has 3 atom stereocenters. The number of fused-ring (bicyclic) bond motifs is 2. The topological polar surface area (TPSA) is 132 Å². The van der Waals surface area contributed by atoms with E-state index < -0.39 is 23.4 Å². The maximum Gasteiger partial charge on any atom is 0.250 e. The van der Waals surface area contributed by atoms with Crippen LogP contribution >= 0.6 is 0 Å². The van der Waals surface area contributed by atoms with Crippen molar-refractivity contribution in [3.63, 3.8) is 0 Å². The number of carbonyl (C=O) groups excluding carboxylic acids is 3. The Morgan fingerprint density at radius 1 is 1.18 bits per heavy atom. The number of nitrogens with two attached hydrogens (primary N) is 1. The normalized spacial score (nSPS) is 23.2. The Morgan fingerprint density at radius 2 is 1.94 bits per heavy atom. The van der Waals surface area contributed by atoms with Crippen LogP contribution in [0.3, 0.4) is 0 Å². The maximum atomic E-state index is 13.7. The average Bonchev–Trinajstić information content (AvgIpc) is 3.27. The van der Waals surface area contributed by atoms with E-state index in [0.717, 1.165) is 11.1 Å². The quantitative estimate of drug-likeness (QED) is 0.530. The molecule has 2 aliphatic heterocycles. The van der Waals surface area contributed by atoms with Crippen molar-refractivity contribution < 1.29 is 23.9 Å². The van der Waals surface area contributed by atoms with Crippen LogP contribution in [0.5, 0.6) is 11.5 Å². The summed E-state index contributed by atoms with van der Waals surface area (Å²) in [5.41, 5.74) is 7.82. The van der Waals surface area contributed by atoms with Gasteiger partial charge >= 0.3 is 0 Å². The second-order valence-electron chi connectivity index (χ2n) is 8.62. The standard InChI is InChI=1S/C24H28N4O5/c1-12-7-13(2)21-16(8-12)24(23(31)27-21)17(9-14(28-24)10-20(25)29)22(30)26-18-11-15(32-3)5-6-19(18)33-4/h5-8,11,14,17,28H,9-10H2,1-4H3,(H2,25,29)(H,26,30)(H,27,31)/t14-,17-,24-/m1/s1. The fourth-order valence-electron chi connectivity index (χ4n) is 5.02. The Hall–Kier alpha value is -3.59. The molecule has 1 saturated heterocycles. The number of primary amides is 1. The van der Waals surface area contributed by atoms with Crippen molar-refractivity contribution in [2.45, 2.75) is 38.3 Å². The number of carbonyl (C=O) groups is 3. The minimum Gasteiger partial charge on any atom is -0.497 e. The zero-order chi connectivity index (χ0) is 23.9. The minimum atomic E-state index is -1.32. The Labute approximate surface area is 192 Å². The summed E-state index contributed by atoms with van der Waals surface area (Å²) in [5, 5.41) is 9.15. The molecule has 174 valence electrons. The van der Waals surface area contributed by atoms with Gasteiger partial charge in [0.05, 0.1) is 25.8 Å². The van der Waals surface area contributed by atoms with Gasteiger partial charge in [-0.25, -0.2) is 0 Å². The predicted octanol–water partition coefficient (Wildman–Crippen LogP) is 1.96. The summed E-state index contributed by atoms with van der Waals surface area (Å²) in [5.74, 6) is -0.982. The molecule has 0 unspecified atom stereocenters. The van der Waals surface area contributed by atoms with Crippen molar-refractivity contribution in [3.05, 3.63) is 47.0 Å². The molecule has 1 spiro atoms. The first kappa shape index (κ1) is 22.6. The monoisotopic (exact) mass is 452 g/mol. The van der Waals surface area contributed by atoms with Gasteiger partial charge in [0.25, 0.3) is 0 Å². The van der Waals surface area contributed by atoms with Crippen molar-refractivity contribution in [2.24, 2.45) is 11.7 Å². The van der Waals surface area contributed by atoms with Gasteiger partial charge < -0.3 is 25.8 Å². The third-order valence-corrected chi connectivity index (χ3v) is 6.40. The van der Waals surface area contributed by atoms with E-state index in [4.69, 9.17) is 15.2 Å². The molecule has 33 heavy (non-hydrogen) atoms. The van der Waals surface area contributed by atoms with Crippen LogP contribution in [0.25, 0.3) is 0 Å². The van der Waals surface area contributed by atoms with E-state index in [9.17, 15) is 14.4 Å². The lowest BCUT2D eigenvalue weighted by atomic mass is 9.78. The molecular formula is C24H28N4O5. The van der Waals surface area contributed by atoms with Crippen LogP contribution in [0.2, 0.25) is 0 Å². The second kappa shape index (κ2) is 8.40. The third kappa shape index (κ3) is 3.78. The number of ether oxygens (including phenoxy) is 2. The van der Waals surface area contributed by atoms with E-state index in [1.54, 1.807) is 18.2 Å². The van der Waals surface area contributed by atoms with Crippen LogP contribution in [0.15, 0.2) is 30.3 Å². The summed E-state index contributed by atoms with van der Waals surface area (Å²) in [6.45, 7) is 3.85. The van der Waals surface area contributed by atoms with Gasteiger partial charge in [-0.3, -0.25) is 19.7 Å². The zero-order valence-electron chi connectivity index (χ0n) is 19.1. The smallest absolute Gasteiger partial charge is 0.250 e. The van der Waals surface area contributed by atoms with E-state index in [1.807, 2.05) is 26.0 Å². The highest BCUT2D eigenvalue weighted by Gasteiger charge is 2.60. The molecular weight excluding hydrogens is 424 g/mol. The van der Waals surface area contributed by atoms with Crippen LogP contribution in [-0.2, 0) is 19.9 Å². The number of hydrogen-bond donors (Lipinski definition) is 4. The maximum absolute atomic E-state index is 13.7. The lowest BCUT2D eigenvalue weighted by molar-refractivity contribution is -0.130. The van der Waals surface area contributed by atoms with Gasteiger partial charge in [0, 0.05) is 29.8 Å². The Bertz CT molecular complexity index is 1150. The van der Waals surface area contributed by atoms with Crippen LogP contribution in [-0.4, -0.2) is 38.0 Å². The van der Waals surface area contributed by atoms with Gasteiger partial charge in [-0.15, -0.1) is 0 Å². The molecule has 0 radical (unpaired) electrons. The van der Waals surface area contributed by atoms with Gasteiger partial charge in [-0.05, 0) is 38.0 Å². The van der Waals surface area contributed by atoms with Gasteiger partial charge in [0.1, 0.15) is 17.0 Å². The lowest BCUT2D eigenvalue weighted by Crippen LogP contribution is -2.52. The molecule has 0 aromatic heterocycles. The van der Waals surface area contributed by atoms with Gasteiger partial charge in [0.2, 0.25) is 17.7 Å². The molecule has 2 heterocycles. The van der Waals surface area contributed by atoms with E-state index in [1.165, 1.54) is 14.2 Å². The fourth-order valence-corrected chi connectivity index (χ4v) is 5.02. The summed E-state index contributed by atoms with van der Waals surface area (Å²) in [7, 11) is 3.04. The molecule has 0 aliphatic carbocycles. The van der Waals surface area contributed by atoms with E-state index in [-0.39, 0.29) is 24.7 Å². The summed E-state index contributed by atoms with van der Waals surface area (Å²) in [6.07, 6.45) is 0.280. The number of hydrogen-bond acceptors (Lipinski definition) is 6. The van der Waals surface area contributed by atoms with Crippen LogP contribution < -0.4 is 31.2 Å². The number of benzene rings is 2. The number of methoxy groups -OCH3 is 2. The Kier molecular flexibility index (Phi) is 5.75. The number of aryl methyl sites for hydroxylation is 2. The number of rotatable bonds is 6. The molecule has 3 amide bonds. The van der Waals surface area contributed by atoms with Crippen molar-refractivity contribution in [2.75, 3.05) is 24.9 Å². The number of amides is 3. The number of nitrogens with one attached hydrogen (secondary N) is 3. The van der Waals surface area contributed by atoms with Crippen molar-refractivity contribution in [1.82, 2.24) is 5.32 Å². The predicted molar refractivity (Wildman–Crippen MR) is 123 cm³/mol. The summed E-state index contributed by atoms with van der Waals surface area (Å²) in [6, 6.07) is 8.53. The van der Waals surface area contributed by atoms with Crippen LogP contribution in [0, 0.1) is 19.8 Å². The van der Waals surface area contributed by atoms with Crippen LogP contribution in [0.1, 0.15) is 29.5 Å². The Balaban J connectivity index is 1.77. The third-order valence-electron chi connectivity index (χ3n) is 6.40. The molecule has 0 bridgehead atoms. The molecule has 2 aromatic rings. The fraction of sp³-hybridized carbons (Fsp3) is 0.375. The highest BCUT2D eigenvalue weighted by Crippen LogP contribution is 2.49. The van der Waals surface area contributed by atoms with E-state index in [2.05, 4.69) is 16.0 Å². The molecule has 0 saturated carbocycles. The molecule has 4 rings (SSSR count). The highest BCUT2D eigenvalue weighted by molar-refractivity contribution is 6.11. The molecule has 1 fully saturated rings. The first-order valence-electron chi connectivity index (χ1n) is 10.7. The minimum absolute atomic E-state index is 0.0153. The summed E-state index contributed by atoms with van der Waals surface area (Å²) >= 11 is 0. The largest absolute Gasteiger partial charge is 0.497 e. The van der Waals surface area contributed by atoms with Crippen molar-refractivity contribution in [3.8, 4) is 11.5 Å². The van der Waals surface area contributed by atoms with Crippen LogP contribution in [0.4, 0.5) is 11.4 Å². The number of anilines is 2. The average molecular weight is 453 g/mol. The Morgan fingerprint density at radius 3 is 2.61 bits per heavy atom. The van der Waals surface area contributed by atoms with E-state index in [0.29, 0.717) is 28.4 Å².